The quantitative estimate of drug-likeness (QED) is 0.0280. The molecule has 0 rings (SSSR count). The lowest BCUT2D eigenvalue weighted by Gasteiger charge is -2.20. The Bertz CT molecular complexity index is 1010. The van der Waals surface area contributed by atoms with Gasteiger partial charge in [0.15, 0.2) is 6.10 Å². The number of carbonyl (C=O) groups is 2. The van der Waals surface area contributed by atoms with Gasteiger partial charge in [-0.25, -0.2) is 4.57 Å². The summed E-state index contributed by atoms with van der Waals surface area (Å²) in [4.78, 5) is 37.0. The van der Waals surface area contributed by atoms with Crippen molar-refractivity contribution in [3.8, 4) is 0 Å². The Morgan fingerprint density at radius 1 is 0.564 bits per heavy atom. The van der Waals surface area contributed by atoms with Crippen molar-refractivity contribution in [1.82, 2.24) is 4.90 Å². The van der Waals surface area contributed by atoms with Crippen LogP contribution < -0.4 is 0 Å². The van der Waals surface area contributed by atoms with E-state index in [0.29, 0.717) is 13.0 Å². The molecule has 0 aliphatic rings. The lowest BCUT2D eigenvalue weighted by Crippen LogP contribution is -2.29. The summed E-state index contributed by atoms with van der Waals surface area (Å²) in [6.45, 7) is 4.28. The van der Waals surface area contributed by atoms with Crippen LogP contribution in [0.2, 0.25) is 0 Å². The Morgan fingerprint density at radius 3 is 1.49 bits per heavy atom. The van der Waals surface area contributed by atoms with Gasteiger partial charge in [0.1, 0.15) is 6.61 Å². The number of hydrogen-bond donors (Lipinski definition) is 1. The van der Waals surface area contributed by atoms with Crippen LogP contribution in [0.1, 0.15) is 194 Å². The lowest BCUT2D eigenvalue weighted by molar-refractivity contribution is -0.161. The molecule has 0 saturated heterocycles. The maximum Gasteiger partial charge on any atom is 0.472 e. The molecular formula is C45H84NO8P. The fourth-order valence-corrected chi connectivity index (χ4v) is 6.69. The van der Waals surface area contributed by atoms with Crippen LogP contribution in [0.15, 0.2) is 36.5 Å². The molecule has 1 N–H and O–H groups in total. The third kappa shape index (κ3) is 41.7. The fraction of sp³-hybridized carbons (Fsp3) is 0.822. The highest BCUT2D eigenvalue weighted by molar-refractivity contribution is 7.47. The van der Waals surface area contributed by atoms with Crippen LogP contribution in [0.5, 0.6) is 0 Å². The van der Waals surface area contributed by atoms with Gasteiger partial charge in [0.25, 0.3) is 0 Å². The molecule has 0 saturated carbocycles. The smallest absolute Gasteiger partial charge is 0.462 e. The van der Waals surface area contributed by atoms with Crippen LogP contribution in [0.25, 0.3) is 0 Å². The van der Waals surface area contributed by atoms with Gasteiger partial charge in [-0.05, 0) is 84.7 Å². The summed E-state index contributed by atoms with van der Waals surface area (Å²) in [6, 6.07) is 0. The Kier molecular flexibility index (Phi) is 39.1. The summed E-state index contributed by atoms with van der Waals surface area (Å²) in [5, 5.41) is 0. The molecule has 2 unspecified atom stereocenters. The molecule has 0 spiro atoms. The van der Waals surface area contributed by atoms with Crippen molar-refractivity contribution in [2.45, 2.75) is 200 Å². The first kappa shape index (κ1) is 53.2. The third-order valence-corrected chi connectivity index (χ3v) is 10.4. The van der Waals surface area contributed by atoms with E-state index < -0.39 is 26.5 Å². The highest BCUT2D eigenvalue weighted by Crippen LogP contribution is 2.43. The number of esters is 2. The first-order valence-electron chi connectivity index (χ1n) is 22.3. The summed E-state index contributed by atoms with van der Waals surface area (Å²) in [7, 11) is -0.719. The first-order chi connectivity index (χ1) is 26.7. The van der Waals surface area contributed by atoms with Gasteiger partial charge in [-0.1, -0.05) is 147 Å². The van der Waals surface area contributed by atoms with E-state index >= 15 is 0 Å². The minimum Gasteiger partial charge on any atom is -0.462 e. The van der Waals surface area contributed by atoms with Crippen molar-refractivity contribution in [2.24, 2.45) is 0 Å². The van der Waals surface area contributed by atoms with E-state index in [1.807, 2.05) is 19.0 Å². The molecule has 10 heteroatoms. The van der Waals surface area contributed by atoms with Gasteiger partial charge < -0.3 is 19.3 Å². The molecule has 2 atom stereocenters. The number of nitrogens with zero attached hydrogens (tertiary/aromatic N) is 1. The topological polar surface area (TPSA) is 112 Å². The van der Waals surface area contributed by atoms with E-state index in [1.54, 1.807) is 0 Å². The van der Waals surface area contributed by atoms with Crippen LogP contribution in [-0.2, 0) is 32.7 Å². The van der Waals surface area contributed by atoms with Crippen LogP contribution in [0, 0.1) is 0 Å². The third-order valence-electron chi connectivity index (χ3n) is 9.42. The number of allylic oxidation sites excluding steroid dienone is 6. The maximum atomic E-state index is 12.6. The molecule has 322 valence electrons. The summed E-state index contributed by atoms with van der Waals surface area (Å²) >= 11 is 0. The van der Waals surface area contributed by atoms with Crippen molar-refractivity contribution in [3.05, 3.63) is 36.5 Å². The maximum absolute atomic E-state index is 12.6. The molecule has 0 radical (unpaired) electrons. The number of rotatable bonds is 41. The summed E-state index contributed by atoms with van der Waals surface area (Å²) in [6.07, 6.45) is 43.2. The second-order valence-corrected chi connectivity index (χ2v) is 16.7. The molecule has 0 amide bonds. The molecule has 0 aromatic rings. The van der Waals surface area contributed by atoms with Crippen molar-refractivity contribution >= 4 is 19.8 Å². The standard InChI is InChI=1S/C45H84NO8P/c1-5-7-9-11-13-15-17-19-21-22-24-25-27-29-31-33-35-37-44(47)51-41-43(42-53-55(49,50)52-40-39-46(3)4)54-45(48)38-36-34-32-30-28-26-23-20-18-16-14-12-10-8-6-2/h13,15,19-21,23,43H,5-12,14,16-18,22,24-42H2,1-4H3,(H,49,50)/b15-13-,21-19-,23-20-. The zero-order chi connectivity index (χ0) is 40.5. The van der Waals surface area contributed by atoms with Crippen molar-refractivity contribution in [3.63, 3.8) is 0 Å². The fourth-order valence-electron chi connectivity index (χ4n) is 5.95. The van der Waals surface area contributed by atoms with E-state index in [0.717, 1.165) is 70.6 Å². The number of carbonyl (C=O) groups excluding carboxylic acids is 2. The van der Waals surface area contributed by atoms with E-state index in [2.05, 4.69) is 50.3 Å². The lowest BCUT2D eigenvalue weighted by atomic mass is 10.1. The Balaban J connectivity index is 4.30. The van der Waals surface area contributed by atoms with Gasteiger partial charge in [0.2, 0.25) is 0 Å². The summed E-state index contributed by atoms with van der Waals surface area (Å²) < 4.78 is 33.5. The molecule has 0 aliphatic heterocycles. The van der Waals surface area contributed by atoms with Crippen molar-refractivity contribution in [1.29, 1.82) is 0 Å². The zero-order valence-corrected chi connectivity index (χ0v) is 36.8. The zero-order valence-electron chi connectivity index (χ0n) is 35.9. The monoisotopic (exact) mass is 798 g/mol. The number of phosphoric acid groups is 1. The van der Waals surface area contributed by atoms with Crippen LogP contribution in [0.3, 0.4) is 0 Å². The van der Waals surface area contributed by atoms with Gasteiger partial charge in [0.05, 0.1) is 13.2 Å². The van der Waals surface area contributed by atoms with E-state index in [1.165, 1.54) is 89.9 Å². The molecule has 55 heavy (non-hydrogen) atoms. The minimum absolute atomic E-state index is 0.00437. The van der Waals surface area contributed by atoms with Crippen molar-refractivity contribution in [2.75, 3.05) is 40.5 Å². The minimum atomic E-state index is -4.36. The molecule has 0 fully saturated rings. The molecular weight excluding hydrogens is 713 g/mol. The Morgan fingerprint density at radius 2 is 0.982 bits per heavy atom. The molecule has 0 heterocycles. The van der Waals surface area contributed by atoms with Crippen LogP contribution in [0.4, 0.5) is 0 Å². The Hall–Kier alpha value is -1.77. The molecule has 0 bridgehead atoms. The molecule has 0 aromatic heterocycles. The highest BCUT2D eigenvalue weighted by atomic mass is 31.2. The van der Waals surface area contributed by atoms with Gasteiger partial charge in [-0.3, -0.25) is 18.6 Å². The predicted octanol–water partition coefficient (Wildman–Crippen LogP) is 12.8. The van der Waals surface area contributed by atoms with Gasteiger partial charge in [-0.2, -0.15) is 0 Å². The second kappa shape index (κ2) is 40.4. The van der Waals surface area contributed by atoms with E-state index in [4.69, 9.17) is 18.5 Å². The average molecular weight is 798 g/mol. The van der Waals surface area contributed by atoms with Crippen molar-refractivity contribution < 1.29 is 37.6 Å². The van der Waals surface area contributed by atoms with Gasteiger partial charge in [-0.15, -0.1) is 0 Å². The largest absolute Gasteiger partial charge is 0.472 e. The van der Waals surface area contributed by atoms with Gasteiger partial charge in [0, 0.05) is 19.4 Å². The highest BCUT2D eigenvalue weighted by Gasteiger charge is 2.26. The second-order valence-electron chi connectivity index (χ2n) is 15.2. The molecule has 9 nitrogen and oxygen atoms in total. The number of ether oxygens (including phenoxy) is 2. The SMILES string of the molecule is CCCCC/C=C\C/C=C\CCCCCCCCCC(=O)OCC(COP(=O)(O)OCCN(C)C)OC(=O)CCCCCCC/C=C\CCCCCCCC. The van der Waals surface area contributed by atoms with Crippen LogP contribution >= 0.6 is 7.82 Å². The number of likely N-dealkylation sites (N-methyl/N-ethyl adjacent to an activating group) is 1. The molecule has 0 aromatic carbocycles. The molecule has 0 aliphatic carbocycles. The van der Waals surface area contributed by atoms with Gasteiger partial charge >= 0.3 is 19.8 Å². The summed E-state index contributed by atoms with van der Waals surface area (Å²) in [5.74, 6) is -0.819. The summed E-state index contributed by atoms with van der Waals surface area (Å²) in [5.41, 5.74) is 0. The average Bonchev–Trinajstić information content (AvgIpc) is 3.15. The van der Waals surface area contributed by atoms with E-state index in [-0.39, 0.29) is 32.0 Å². The number of hydrogen-bond acceptors (Lipinski definition) is 8. The normalized spacial score (nSPS) is 13.7. The number of phosphoric ester groups is 1. The number of unbranched alkanes of at least 4 members (excludes halogenated alkanes) is 21. The predicted molar refractivity (Wildman–Crippen MR) is 229 cm³/mol. The van der Waals surface area contributed by atoms with Crippen LogP contribution in [-0.4, -0.2) is 68.3 Å². The Labute approximate surface area is 338 Å². The first-order valence-corrected chi connectivity index (χ1v) is 23.8. The van der Waals surface area contributed by atoms with E-state index in [9.17, 15) is 19.0 Å².